The van der Waals surface area contributed by atoms with Crippen LogP contribution in [-0.4, -0.2) is 54.6 Å². The van der Waals surface area contributed by atoms with E-state index in [1.165, 1.54) is 4.90 Å². The fourth-order valence-electron chi connectivity index (χ4n) is 2.75. The van der Waals surface area contributed by atoms with Gasteiger partial charge in [0.05, 0.1) is 13.2 Å². The van der Waals surface area contributed by atoms with Gasteiger partial charge in [0, 0.05) is 30.4 Å². The number of ether oxygens (including phenoxy) is 1. The van der Waals surface area contributed by atoms with Gasteiger partial charge in [0.15, 0.2) is 0 Å². The largest absolute Gasteiger partial charge is 0.464 e. The number of nitrogens with zero attached hydrogens (tertiary/aromatic N) is 2. The van der Waals surface area contributed by atoms with Crippen LogP contribution in [0.3, 0.4) is 0 Å². The second-order valence-corrected chi connectivity index (χ2v) is 7.42. The summed E-state index contributed by atoms with van der Waals surface area (Å²) in [7, 11) is 1.58. The number of aryl methyl sites for hydroxylation is 1. The van der Waals surface area contributed by atoms with E-state index in [-0.39, 0.29) is 24.5 Å². The molecule has 1 N–H and O–H groups in total. The van der Waals surface area contributed by atoms with E-state index in [1.807, 2.05) is 32.9 Å². The number of carbonyl (C=O) groups excluding carboxylic acids is 2. The molecule has 0 saturated carbocycles. The van der Waals surface area contributed by atoms with Crippen LogP contribution in [-0.2, 0) is 16.1 Å². The van der Waals surface area contributed by atoms with Crippen LogP contribution in [0.2, 0.25) is 5.02 Å². The molecule has 0 bridgehead atoms. The second-order valence-electron chi connectivity index (χ2n) is 6.98. The highest BCUT2D eigenvalue weighted by atomic mass is 35.5. The summed E-state index contributed by atoms with van der Waals surface area (Å²) in [5.41, 5.74) is 0.572. The maximum absolute atomic E-state index is 13.0. The van der Waals surface area contributed by atoms with Crippen molar-refractivity contribution in [2.24, 2.45) is 0 Å². The molecule has 0 unspecified atom stereocenters. The Kier molecular flexibility index (Phi) is 8.54. The maximum Gasteiger partial charge on any atom is 0.322 e. The van der Waals surface area contributed by atoms with Crippen molar-refractivity contribution in [3.05, 3.63) is 52.9 Å². The van der Waals surface area contributed by atoms with Crippen molar-refractivity contribution < 1.29 is 18.7 Å². The lowest BCUT2D eigenvalue weighted by Gasteiger charge is -2.29. The van der Waals surface area contributed by atoms with Gasteiger partial charge in [-0.2, -0.15) is 0 Å². The number of halogens is 1. The van der Waals surface area contributed by atoms with Crippen molar-refractivity contribution >= 4 is 29.2 Å². The van der Waals surface area contributed by atoms with Crippen LogP contribution in [0.25, 0.3) is 0 Å². The van der Waals surface area contributed by atoms with Crippen LogP contribution in [0.15, 0.2) is 40.8 Å². The first-order valence-corrected chi connectivity index (χ1v) is 9.83. The third-order valence-corrected chi connectivity index (χ3v) is 4.56. The van der Waals surface area contributed by atoms with Gasteiger partial charge in [-0.25, -0.2) is 4.79 Å². The molecule has 29 heavy (non-hydrogen) atoms. The monoisotopic (exact) mass is 421 g/mol. The van der Waals surface area contributed by atoms with Crippen LogP contribution in [0.4, 0.5) is 10.5 Å². The molecule has 0 fully saturated rings. The molecule has 0 saturated heterocycles. The number of urea groups is 1. The minimum atomic E-state index is -0.365. The van der Waals surface area contributed by atoms with Crippen LogP contribution in [0, 0.1) is 6.92 Å². The van der Waals surface area contributed by atoms with E-state index in [9.17, 15) is 9.59 Å². The topological polar surface area (TPSA) is 75.0 Å². The summed E-state index contributed by atoms with van der Waals surface area (Å²) in [6, 6.07) is 10.0. The Bertz CT molecular complexity index is 822. The Morgan fingerprint density at radius 2 is 2.00 bits per heavy atom. The normalized spacial score (nSPS) is 10.8. The number of benzene rings is 1. The summed E-state index contributed by atoms with van der Waals surface area (Å²) in [5.74, 6) is 1.28. The second kappa shape index (κ2) is 10.9. The molecule has 2 rings (SSSR count). The minimum absolute atomic E-state index is 0.0620. The molecule has 0 spiro atoms. The lowest BCUT2D eigenvalue weighted by molar-refractivity contribution is -0.133. The van der Waals surface area contributed by atoms with E-state index in [4.69, 9.17) is 20.8 Å². The zero-order valence-corrected chi connectivity index (χ0v) is 18.0. The van der Waals surface area contributed by atoms with Gasteiger partial charge in [0.25, 0.3) is 0 Å². The molecule has 0 radical (unpaired) electrons. The quantitative estimate of drug-likeness (QED) is 0.659. The smallest absolute Gasteiger partial charge is 0.322 e. The average Bonchev–Trinajstić information content (AvgIpc) is 3.07. The molecule has 0 aliphatic rings. The Hall–Kier alpha value is -2.51. The van der Waals surface area contributed by atoms with Gasteiger partial charge >= 0.3 is 6.03 Å². The van der Waals surface area contributed by atoms with Gasteiger partial charge in [-0.15, -0.1) is 0 Å². The van der Waals surface area contributed by atoms with Gasteiger partial charge in [-0.05, 0) is 51.1 Å². The van der Waals surface area contributed by atoms with E-state index in [2.05, 4.69) is 5.32 Å². The number of rotatable bonds is 9. The molecule has 1 aromatic heterocycles. The van der Waals surface area contributed by atoms with E-state index < -0.39 is 0 Å². The van der Waals surface area contributed by atoms with E-state index >= 15 is 0 Å². The predicted molar refractivity (Wildman–Crippen MR) is 113 cm³/mol. The molecule has 0 aliphatic heterocycles. The first-order valence-electron chi connectivity index (χ1n) is 9.45. The van der Waals surface area contributed by atoms with Gasteiger partial charge in [-0.3, -0.25) is 4.79 Å². The van der Waals surface area contributed by atoms with Crippen molar-refractivity contribution in [2.75, 3.05) is 32.1 Å². The van der Waals surface area contributed by atoms with Gasteiger partial charge in [0.2, 0.25) is 5.91 Å². The van der Waals surface area contributed by atoms with Crippen LogP contribution >= 0.6 is 11.6 Å². The van der Waals surface area contributed by atoms with Crippen LogP contribution < -0.4 is 5.32 Å². The number of amides is 3. The number of furan rings is 1. The Morgan fingerprint density at radius 1 is 1.24 bits per heavy atom. The van der Waals surface area contributed by atoms with Crippen molar-refractivity contribution in [3.63, 3.8) is 0 Å². The van der Waals surface area contributed by atoms with Gasteiger partial charge in [0.1, 0.15) is 18.1 Å². The Morgan fingerprint density at radius 3 is 2.59 bits per heavy atom. The molecule has 158 valence electrons. The highest BCUT2D eigenvalue weighted by molar-refractivity contribution is 6.30. The van der Waals surface area contributed by atoms with E-state index in [0.29, 0.717) is 36.2 Å². The van der Waals surface area contributed by atoms with Crippen LogP contribution in [0.5, 0.6) is 0 Å². The number of hydrogen-bond donors (Lipinski definition) is 1. The maximum atomic E-state index is 13.0. The number of methoxy groups -OCH3 is 1. The number of nitrogens with one attached hydrogen (secondary N) is 1. The summed E-state index contributed by atoms with van der Waals surface area (Å²) >= 11 is 5.98. The molecule has 7 nitrogen and oxygen atoms in total. The summed E-state index contributed by atoms with van der Waals surface area (Å²) in [5, 5.41) is 3.32. The molecular weight excluding hydrogens is 394 g/mol. The third kappa shape index (κ3) is 7.11. The molecule has 0 atom stereocenters. The van der Waals surface area contributed by atoms with Gasteiger partial charge < -0.3 is 24.3 Å². The third-order valence-electron chi connectivity index (χ3n) is 4.33. The fraction of sp³-hybridized carbons (Fsp3) is 0.429. The molecular formula is C21H28ClN3O4. The SMILES string of the molecule is COCCN(Cc1ccc(C)o1)C(=O)CN(C(=O)Nc1cccc(Cl)c1)C(C)C. The zero-order valence-electron chi connectivity index (χ0n) is 17.3. The molecule has 1 heterocycles. The summed E-state index contributed by atoms with van der Waals surface area (Å²) in [6.45, 7) is 6.62. The van der Waals surface area contributed by atoms with Crippen molar-refractivity contribution in [2.45, 2.75) is 33.4 Å². The van der Waals surface area contributed by atoms with E-state index in [0.717, 1.165) is 5.76 Å². The standard InChI is InChI=1S/C21H28ClN3O4/c1-15(2)25(21(27)23-18-7-5-6-17(22)12-18)14-20(26)24(10-11-28-4)13-19-9-8-16(3)29-19/h5-9,12,15H,10-11,13-14H2,1-4H3,(H,23,27). The minimum Gasteiger partial charge on any atom is -0.464 e. The lowest BCUT2D eigenvalue weighted by Crippen LogP contribution is -2.47. The molecule has 8 heteroatoms. The Balaban J connectivity index is 2.08. The number of anilines is 1. The highest BCUT2D eigenvalue weighted by Gasteiger charge is 2.24. The zero-order chi connectivity index (χ0) is 21.4. The first-order chi connectivity index (χ1) is 13.8. The summed E-state index contributed by atoms with van der Waals surface area (Å²) in [4.78, 5) is 28.8. The molecule has 1 aromatic carbocycles. The molecule has 0 aliphatic carbocycles. The Labute approximate surface area is 176 Å². The van der Waals surface area contributed by atoms with E-state index in [1.54, 1.807) is 36.3 Å². The fourth-order valence-corrected chi connectivity index (χ4v) is 2.94. The highest BCUT2D eigenvalue weighted by Crippen LogP contribution is 2.16. The van der Waals surface area contributed by atoms with Crippen molar-refractivity contribution in [3.8, 4) is 0 Å². The first kappa shape index (κ1) is 22.8. The summed E-state index contributed by atoms with van der Waals surface area (Å²) < 4.78 is 10.7. The van der Waals surface area contributed by atoms with Crippen molar-refractivity contribution in [1.82, 2.24) is 9.80 Å². The predicted octanol–water partition coefficient (Wildman–Crippen LogP) is 4.16. The molecule has 3 amide bonds. The summed E-state index contributed by atoms with van der Waals surface area (Å²) in [6.07, 6.45) is 0. The molecule has 2 aromatic rings. The average molecular weight is 422 g/mol. The lowest BCUT2D eigenvalue weighted by atomic mass is 10.3. The van der Waals surface area contributed by atoms with Gasteiger partial charge in [-0.1, -0.05) is 17.7 Å². The van der Waals surface area contributed by atoms with Crippen molar-refractivity contribution in [1.29, 1.82) is 0 Å². The number of hydrogen-bond acceptors (Lipinski definition) is 4. The number of carbonyl (C=O) groups is 2. The van der Waals surface area contributed by atoms with Crippen LogP contribution in [0.1, 0.15) is 25.4 Å².